The Labute approximate surface area is 173 Å². The second kappa shape index (κ2) is 8.04. The molecule has 2 aromatic carbocycles. The molecular weight excluding hydrogens is 378 g/mol. The highest BCUT2D eigenvalue weighted by Crippen LogP contribution is 2.28. The predicted octanol–water partition coefficient (Wildman–Crippen LogP) is 4.28. The molecule has 8 nitrogen and oxygen atoms in total. The molecule has 0 bridgehead atoms. The van der Waals surface area contributed by atoms with Gasteiger partial charge in [-0.15, -0.1) is 0 Å². The van der Waals surface area contributed by atoms with Gasteiger partial charge in [0.1, 0.15) is 5.82 Å². The quantitative estimate of drug-likeness (QED) is 0.419. The number of amides is 1. The molecule has 0 radical (unpaired) electrons. The Balaban J connectivity index is 1.71. The van der Waals surface area contributed by atoms with Gasteiger partial charge in [0.2, 0.25) is 11.9 Å². The first-order chi connectivity index (χ1) is 14.5. The number of aryl methyl sites for hydroxylation is 2. The van der Waals surface area contributed by atoms with E-state index >= 15 is 0 Å². The summed E-state index contributed by atoms with van der Waals surface area (Å²) in [4.78, 5) is 20.9. The summed E-state index contributed by atoms with van der Waals surface area (Å²) in [5.74, 6) is 0.844. The molecule has 1 amide bonds. The fourth-order valence-electron chi connectivity index (χ4n) is 3.01. The highest BCUT2D eigenvalue weighted by molar-refractivity contribution is 5.99. The van der Waals surface area contributed by atoms with Gasteiger partial charge in [-0.3, -0.25) is 9.48 Å². The van der Waals surface area contributed by atoms with Gasteiger partial charge in [-0.2, -0.15) is 10.1 Å². The van der Waals surface area contributed by atoms with Crippen molar-refractivity contribution >= 4 is 45.6 Å². The van der Waals surface area contributed by atoms with Gasteiger partial charge < -0.3 is 16.0 Å². The van der Waals surface area contributed by atoms with Crippen molar-refractivity contribution in [2.24, 2.45) is 7.05 Å². The number of carbonyl (C=O) groups is 1. The van der Waals surface area contributed by atoms with Crippen LogP contribution in [0.5, 0.6) is 0 Å². The van der Waals surface area contributed by atoms with Gasteiger partial charge in [0.05, 0.1) is 17.4 Å². The molecule has 0 saturated carbocycles. The Morgan fingerprint density at radius 2 is 1.90 bits per heavy atom. The lowest BCUT2D eigenvalue weighted by Gasteiger charge is -2.13. The van der Waals surface area contributed by atoms with Crippen molar-refractivity contribution in [2.75, 3.05) is 16.0 Å². The molecule has 4 rings (SSSR count). The summed E-state index contributed by atoms with van der Waals surface area (Å²) < 4.78 is 1.70. The Morgan fingerprint density at radius 1 is 1.07 bits per heavy atom. The molecule has 3 N–H and O–H groups in total. The molecule has 0 fully saturated rings. The standard InChI is InChI=1S/C22H21N7O/c1-4-20(30)24-15-6-5-7-16(11-15)25-21-18-9-8-14(2)10-19(18)27-22(28-21)26-17-12-23-29(3)13-17/h4-13H,1H2,2-3H3,(H,24,30)(H2,25,26,27,28). The highest BCUT2D eigenvalue weighted by atomic mass is 16.1. The van der Waals surface area contributed by atoms with Crippen LogP contribution in [0.15, 0.2) is 67.5 Å². The Bertz CT molecular complexity index is 1250. The lowest BCUT2D eigenvalue weighted by Crippen LogP contribution is -2.07. The van der Waals surface area contributed by atoms with E-state index in [1.165, 1.54) is 6.08 Å². The molecule has 0 aliphatic carbocycles. The van der Waals surface area contributed by atoms with E-state index in [0.29, 0.717) is 17.5 Å². The minimum absolute atomic E-state index is 0.266. The third kappa shape index (κ3) is 4.27. The van der Waals surface area contributed by atoms with Crippen molar-refractivity contribution < 1.29 is 4.79 Å². The minimum Gasteiger partial charge on any atom is -0.339 e. The van der Waals surface area contributed by atoms with Crippen LogP contribution in [0.4, 0.5) is 28.8 Å². The third-order valence-corrected chi connectivity index (χ3v) is 4.39. The van der Waals surface area contributed by atoms with Gasteiger partial charge in [0.25, 0.3) is 0 Å². The van der Waals surface area contributed by atoms with E-state index in [-0.39, 0.29) is 5.91 Å². The molecular formula is C22H21N7O. The fourth-order valence-corrected chi connectivity index (χ4v) is 3.01. The van der Waals surface area contributed by atoms with Crippen LogP contribution in [-0.4, -0.2) is 25.7 Å². The number of nitrogens with zero attached hydrogens (tertiary/aromatic N) is 4. The van der Waals surface area contributed by atoms with E-state index in [2.05, 4.69) is 37.6 Å². The lowest BCUT2D eigenvalue weighted by atomic mass is 10.1. The van der Waals surface area contributed by atoms with Crippen LogP contribution >= 0.6 is 0 Å². The SMILES string of the molecule is C=CC(=O)Nc1cccc(Nc2nc(Nc3cnn(C)c3)nc3cc(C)ccc23)c1. The van der Waals surface area contributed by atoms with Crippen molar-refractivity contribution in [1.29, 1.82) is 0 Å². The molecule has 0 aliphatic heterocycles. The van der Waals surface area contributed by atoms with Crippen molar-refractivity contribution in [1.82, 2.24) is 19.7 Å². The number of carbonyl (C=O) groups excluding carboxylic acids is 1. The molecule has 0 saturated heterocycles. The number of hydrogen-bond donors (Lipinski definition) is 3. The van der Waals surface area contributed by atoms with Crippen LogP contribution in [0.1, 0.15) is 5.56 Å². The number of anilines is 5. The maximum absolute atomic E-state index is 11.6. The Hall–Kier alpha value is -4.20. The monoisotopic (exact) mass is 399 g/mol. The molecule has 4 aromatic rings. The number of aromatic nitrogens is 4. The summed E-state index contributed by atoms with van der Waals surface area (Å²) in [6.45, 7) is 5.50. The second-order valence-electron chi connectivity index (χ2n) is 6.84. The molecule has 8 heteroatoms. The molecule has 0 spiro atoms. The van der Waals surface area contributed by atoms with E-state index in [0.717, 1.165) is 27.8 Å². The highest BCUT2D eigenvalue weighted by Gasteiger charge is 2.10. The normalized spacial score (nSPS) is 10.6. The van der Waals surface area contributed by atoms with Crippen molar-refractivity contribution in [3.63, 3.8) is 0 Å². The zero-order valence-electron chi connectivity index (χ0n) is 16.7. The van der Waals surface area contributed by atoms with E-state index in [1.807, 2.05) is 62.6 Å². The summed E-state index contributed by atoms with van der Waals surface area (Å²) in [6, 6.07) is 13.4. The average molecular weight is 399 g/mol. The minimum atomic E-state index is -0.266. The largest absolute Gasteiger partial charge is 0.339 e. The van der Waals surface area contributed by atoms with Gasteiger partial charge >= 0.3 is 0 Å². The number of nitrogens with one attached hydrogen (secondary N) is 3. The van der Waals surface area contributed by atoms with Crippen molar-refractivity contribution in [3.8, 4) is 0 Å². The maximum Gasteiger partial charge on any atom is 0.247 e. The molecule has 30 heavy (non-hydrogen) atoms. The van der Waals surface area contributed by atoms with E-state index in [4.69, 9.17) is 0 Å². The van der Waals surface area contributed by atoms with Gasteiger partial charge in [0.15, 0.2) is 0 Å². The van der Waals surface area contributed by atoms with Crippen LogP contribution in [0.2, 0.25) is 0 Å². The Morgan fingerprint density at radius 3 is 2.67 bits per heavy atom. The first kappa shape index (κ1) is 19.1. The topological polar surface area (TPSA) is 96.8 Å². The molecule has 2 aromatic heterocycles. The molecule has 2 heterocycles. The molecule has 0 aliphatic rings. The number of rotatable bonds is 6. The smallest absolute Gasteiger partial charge is 0.247 e. The van der Waals surface area contributed by atoms with Crippen LogP contribution in [0, 0.1) is 6.92 Å². The molecule has 0 atom stereocenters. The summed E-state index contributed by atoms with van der Waals surface area (Å²) in [5, 5.41) is 14.3. The fraction of sp³-hybridized carbons (Fsp3) is 0.0909. The van der Waals surface area contributed by atoms with Gasteiger partial charge in [-0.1, -0.05) is 18.7 Å². The summed E-state index contributed by atoms with van der Waals surface area (Å²) >= 11 is 0. The van der Waals surface area contributed by atoms with Gasteiger partial charge in [0, 0.05) is 30.0 Å². The zero-order chi connectivity index (χ0) is 21.1. The summed E-state index contributed by atoms with van der Waals surface area (Å²) in [6.07, 6.45) is 4.79. The average Bonchev–Trinajstić information content (AvgIpc) is 3.12. The van der Waals surface area contributed by atoms with Gasteiger partial charge in [-0.05, 0) is 48.9 Å². The number of hydrogen-bond acceptors (Lipinski definition) is 6. The number of fused-ring (bicyclic) bond motifs is 1. The number of benzene rings is 2. The van der Waals surface area contributed by atoms with Crippen LogP contribution in [0.25, 0.3) is 10.9 Å². The molecule has 0 unspecified atom stereocenters. The van der Waals surface area contributed by atoms with Crippen LogP contribution < -0.4 is 16.0 Å². The molecule has 150 valence electrons. The summed E-state index contributed by atoms with van der Waals surface area (Å²) in [7, 11) is 1.85. The second-order valence-corrected chi connectivity index (χ2v) is 6.84. The van der Waals surface area contributed by atoms with Crippen molar-refractivity contribution in [3.05, 3.63) is 73.1 Å². The van der Waals surface area contributed by atoms with Crippen LogP contribution in [-0.2, 0) is 11.8 Å². The summed E-state index contributed by atoms with van der Waals surface area (Å²) in [5.41, 5.74) is 4.16. The van der Waals surface area contributed by atoms with E-state index < -0.39 is 0 Å². The van der Waals surface area contributed by atoms with E-state index in [9.17, 15) is 4.79 Å². The Kier molecular flexibility index (Phi) is 5.13. The van der Waals surface area contributed by atoms with Gasteiger partial charge in [-0.25, -0.2) is 4.98 Å². The third-order valence-electron chi connectivity index (χ3n) is 4.39. The van der Waals surface area contributed by atoms with Crippen molar-refractivity contribution in [2.45, 2.75) is 6.92 Å². The van der Waals surface area contributed by atoms with E-state index in [1.54, 1.807) is 10.9 Å². The predicted molar refractivity (Wildman–Crippen MR) is 119 cm³/mol. The van der Waals surface area contributed by atoms with Crippen LogP contribution in [0.3, 0.4) is 0 Å². The maximum atomic E-state index is 11.6. The first-order valence-corrected chi connectivity index (χ1v) is 9.35. The first-order valence-electron chi connectivity index (χ1n) is 9.35. The lowest BCUT2D eigenvalue weighted by molar-refractivity contribution is -0.111. The zero-order valence-corrected chi connectivity index (χ0v) is 16.7.